The lowest BCUT2D eigenvalue weighted by Crippen LogP contribution is -2.01. The number of carboxylic acids is 1. The Balaban J connectivity index is 3.01. The van der Waals surface area contributed by atoms with Crippen LogP contribution in [0.4, 0.5) is 4.39 Å². The molecule has 0 aliphatic heterocycles. The number of benzene rings is 1. The second-order valence-electron chi connectivity index (χ2n) is 4.02. The minimum atomic E-state index is -0.912. The van der Waals surface area contributed by atoms with Gasteiger partial charge >= 0.3 is 5.97 Å². The number of carboxylic acid groups (broad SMARTS) is 1. The number of aliphatic carboxylic acids is 1. The molecule has 1 N–H and O–H groups in total. The first-order chi connectivity index (χ1) is 7.41. The van der Waals surface area contributed by atoms with Gasteiger partial charge in [-0.1, -0.05) is 19.9 Å². The van der Waals surface area contributed by atoms with Gasteiger partial charge in [-0.05, 0) is 45.5 Å². The predicted molar refractivity (Wildman–Crippen MR) is 64.1 cm³/mol. The van der Waals surface area contributed by atoms with Crippen LogP contribution in [0.3, 0.4) is 0 Å². The van der Waals surface area contributed by atoms with E-state index < -0.39 is 5.97 Å². The van der Waals surface area contributed by atoms with E-state index in [1.54, 1.807) is 12.1 Å². The molecule has 0 fully saturated rings. The highest BCUT2D eigenvalue weighted by Gasteiger charge is 2.12. The molecule has 4 heteroatoms. The molecule has 0 unspecified atom stereocenters. The van der Waals surface area contributed by atoms with Gasteiger partial charge in [-0.2, -0.15) is 0 Å². The van der Waals surface area contributed by atoms with Crippen molar-refractivity contribution in [3.05, 3.63) is 33.5 Å². The average molecular weight is 289 g/mol. The lowest BCUT2D eigenvalue weighted by atomic mass is 9.98. The summed E-state index contributed by atoms with van der Waals surface area (Å²) < 4.78 is 14.1. The molecule has 1 aromatic carbocycles. The Bertz CT molecular complexity index is 402. The summed E-state index contributed by atoms with van der Waals surface area (Å²) in [7, 11) is 0. The zero-order chi connectivity index (χ0) is 12.3. The minimum Gasteiger partial charge on any atom is -0.481 e. The maximum absolute atomic E-state index is 13.7. The molecule has 0 atom stereocenters. The number of halogens is 2. The molecule has 0 heterocycles. The smallest absolute Gasteiger partial charge is 0.303 e. The summed E-state index contributed by atoms with van der Waals surface area (Å²) in [6.07, 6.45) is 0.172. The van der Waals surface area contributed by atoms with Crippen LogP contribution in [0, 0.1) is 5.82 Å². The minimum absolute atomic E-state index is 0.0507. The molecule has 0 bridgehead atoms. The number of carbonyl (C=O) groups is 1. The summed E-state index contributed by atoms with van der Waals surface area (Å²) in [4.78, 5) is 10.5. The third-order valence-corrected chi connectivity index (χ3v) is 2.98. The van der Waals surface area contributed by atoms with Crippen molar-refractivity contribution in [3.63, 3.8) is 0 Å². The molecule has 0 aliphatic rings. The van der Waals surface area contributed by atoms with Gasteiger partial charge in [0, 0.05) is 6.42 Å². The Morgan fingerprint density at radius 1 is 1.50 bits per heavy atom. The van der Waals surface area contributed by atoms with E-state index in [-0.39, 0.29) is 18.7 Å². The van der Waals surface area contributed by atoms with Gasteiger partial charge in [0.2, 0.25) is 0 Å². The normalized spacial score (nSPS) is 10.8. The van der Waals surface area contributed by atoms with Crippen LogP contribution < -0.4 is 0 Å². The highest BCUT2D eigenvalue weighted by molar-refractivity contribution is 9.10. The summed E-state index contributed by atoms with van der Waals surface area (Å²) in [5.74, 6) is -0.975. The fourth-order valence-corrected chi connectivity index (χ4v) is 1.95. The number of rotatable bonds is 4. The maximum Gasteiger partial charge on any atom is 0.303 e. The molecular formula is C12H14BrFO2. The lowest BCUT2D eigenvalue weighted by molar-refractivity contribution is -0.136. The second-order valence-corrected chi connectivity index (χ2v) is 4.88. The van der Waals surface area contributed by atoms with Gasteiger partial charge < -0.3 is 5.11 Å². The first-order valence-corrected chi connectivity index (χ1v) is 5.90. The van der Waals surface area contributed by atoms with Gasteiger partial charge in [0.25, 0.3) is 0 Å². The van der Waals surface area contributed by atoms with Gasteiger partial charge in [-0.3, -0.25) is 4.79 Å². The number of hydrogen-bond acceptors (Lipinski definition) is 1. The molecule has 0 spiro atoms. The molecule has 0 aliphatic carbocycles. The van der Waals surface area contributed by atoms with E-state index in [1.807, 2.05) is 13.8 Å². The zero-order valence-corrected chi connectivity index (χ0v) is 10.8. The highest BCUT2D eigenvalue weighted by atomic mass is 79.9. The molecule has 0 amide bonds. The lowest BCUT2D eigenvalue weighted by Gasteiger charge is -2.10. The maximum atomic E-state index is 13.7. The largest absolute Gasteiger partial charge is 0.481 e. The van der Waals surface area contributed by atoms with Crippen LogP contribution >= 0.6 is 15.9 Å². The Morgan fingerprint density at radius 2 is 2.12 bits per heavy atom. The summed E-state index contributed by atoms with van der Waals surface area (Å²) >= 11 is 3.15. The van der Waals surface area contributed by atoms with Crippen molar-refractivity contribution in [3.8, 4) is 0 Å². The van der Waals surface area contributed by atoms with E-state index in [9.17, 15) is 9.18 Å². The molecule has 0 aromatic heterocycles. The number of hydrogen-bond donors (Lipinski definition) is 1. The van der Waals surface area contributed by atoms with Crippen LogP contribution in [0.15, 0.2) is 16.6 Å². The molecule has 2 nitrogen and oxygen atoms in total. The van der Waals surface area contributed by atoms with E-state index in [0.29, 0.717) is 16.0 Å². The van der Waals surface area contributed by atoms with Crippen LogP contribution in [0.1, 0.15) is 37.3 Å². The molecular weight excluding hydrogens is 275 g/mol. The monoisotopic (exact) mass is 288 g/mol. The zero-order valence-electron chi connectivity index (χ0n) is 9.26. The third kappa shape index (κ3) is 3.30. The molecule has 0 saturated heterocycles. The van der Waals surface area contributed by atoms with Gasteiger partial charge in [-0.25, -0.2) is 4.39 Å². The standard InChI is InChI=1S/C12H14BrFO2/c1-7(2)9-5-8(3-4-11(15)16)12(14)10(13)6-9/h5-7H,3-4H2,1-2H3,(H,15,16). The molecule has 0 saturated carbocycles. The van der Waals surface area contributed by atoms with Gasteiger partial charge in [0.1, 0.15) is 5.82 Å². The quantitative estimate of drug-likeness (QED) is 0.917. The SMILES string of the molecule is CC(C)c1cc(Br)c(F)c(CCC(=O)O)c1. The van der Waals surface area contributed by atoms with E-state index in [2.05, 4.69) is 15.9 Å². The summed E-state index contributed by atoms with van der Waals surface area (Å²) in [5.41, 5.74) is 1.47. The second kappa shape index (κ2) is 5.43. The Kier molecular flexibility index (Phi) is 4.47. The predicted octanol–water partition coefficient (Wildman–Crippen LogP) is 3.73. The third-order valence-electron chi connectivity index (χ3n) is 2.40. The van der Waals surface area contributed by atoms with Crippen LogP contribution in [-0.2, 0) is 11.2 Å². The summed E-state index contributed by atoms with van der Waals surface area (Å²) in [6, 6.07) is 3.48. The van der Waals surface area contributed by atoms with Crippen LogP contribution in [0.2, 0.25) is 0 Å². The fourth-order valence-electron chi connectivity index (χ4n) is 1.43. The van der Waals surface area contributed by atoms with Crippen LogP contribution in [-0.4, -0.2) is 11.1 Å². The molecule has 1 rings (SSSR count). The van der Waals surface area contributed by atoms with Crippen molar-refractivity contribution >= 4 is 21.9 Å². The van der Waals surface area contributed by atoms with E-state index in [4.69, 9.17) is 5.11 Å². The van der Waals surface area contributed by atoms with Crippen molar-refractivity contribution < 1.29 is 14.3 Å². The first-order valence-electron chi connectivity index (χ1n) is 5.11. The molecule has 88 valence electrons. The Hall–Kier alpha value is -0.900. The topological polar surface area (TPSA) is 37.3 Å². The van der Waals surface area contributed by atoms with Gasteiger partial charge in [-0.15, -0.1) is 0 Å². The van der Waals surface area contributed by atoms with E-state index in [1.165, 1.54) is 0 Å². The van der Waals surface area contributed by atoms with Crippen LogP contribution in [0.5, 0.6) is 0 Å². The van der Waals surface area contributed by atoms with E-state index in [0.717, 1.165) is 5.56 Å². The van der Waals surface area contributed by atoms with Crippen molar-refractivity contribution in [1.82, 2.24) is 0 Å². The highest BCUT2D eigenvalue weighted by Crippen LogP contribution is 2.26. The number of aryl methyl sites for hydroxylation is 1. The van der Waals surface area contributed by atoms with Crippen molar-refractivity contribution in [1.29, 1.82) is 0 Å². The Labute approximate surface area is 103 Å². The Morgan fingerprint density at radius 3 is 2.62 bits per heavy atom. The van der Waals surface area contributed by atoms with Crippen LogP contribution in [0.25, 0.3) is 0 Å². The average Bonchev–Trinajstić information content (AvgIpc) is 2.19. The van der Waals surface area contributed by atoms with E-state index >= 15 is 0 Å². The van der Waals surface area contributed by atoms with Gasteiger partial charge in [0.15, 0.2) is 0 Å². The molecule has 16 heavy (non-hydrogen) atoms. The van der Waals surface area contributed by atoms with Crippen molar-refractivity contribution in [2.45, 2.75) is 32.6 Å². The van der Waals surface area contributed by atoms with Crippen molar-refractivity contribution in [2.24, 2.45) is 0 Å². The molecule has 1 aromatic rings. The first kappa shape index (κ1) is 13.2. The summed E-state index contributed by atoms with van der Waals surface area (Å²) in [5, 5.41) is 8.58. The fraction of sp³-hybridized carbons (Fsp3) is 0.417. The van der Waals surface area contributed by atoms with Gasteiger partial charge in [0.05, 0.1) is 4.47 Å². The van der Waals surface area contributed by atoms with Crippen molar-refractivity contribution in [2.75, 3.05) is 0 Å². The summed E-state index contributed by atoms with van der Waals surface area (Å²) in [6.45, 7) is 4.03. The molecule has 0 radical (unpaired) electrons.